The van der Waals surface area contributed by atoms with E-state index in [0.29, 0.717) is 6.42 Å². The van der Waals surface area contributed by atoms with Gasteiger partial charge in [0.1, 0.15) is 0 Å². The van der Waals surface area contributed by atoms with Crippen molar-refractivity contribution in [2.75, 3.05) is 0 Å². The molecular formula is C16H35O4P. The first-order valence-electron chi connectivity index (χ1n) is 8.74. The fourth-order valence-electron chi connectivity index (χ4n) is 2.51. The van der Waals surface area contributed by atoms with Crippen LogP contribution in [0.15, 0.2) is 0 Å². The standard InChI is InChI=1S/C16H35O4P/c1-2-3-4-5-6-7-8-9-10-11-12-13-14-15-16(17)20-21(18)19/h16-17,21H,2-15H2,1H3,(H,18,19). The van der Waals surface area contributed by atoms with E-state index in [-0.39, 0.29) is 0 Å². The summed E-state index contributed by atoms with van der Waals surface area (Å²) in [4.78, 5) is 8.49. The van der Waals surface area contributed by atoms with Crippen LogP contribution in [0.3, 0.4) is 0 Å². The van der Waals surface area contributed by atoms with Crippen molar-refractivity contribution >= 4 is 8.25 Å². The minimum absolute atomic E-state index is 0.453. The monoisotopic (exact) mass is 322 g/mol. The molecule has 0 amide bonds. The third-order valence-electron chi connectivity index (χ3n) is 3.79. The minimum Gasteiger partial charge on any atom is -0.368 e. The summed E-state index contributed by atoms with van der Waals surface area (Å²) < 4.78 is 14.8. The van der Waals surface area contributed by atoms with Crippen molar-refractivity contribution in [3.8, 4) is 0 Å². The maximum absolute atomic E-state index is 10.3. The molecule has 0 bridgehead atoms. The van der Waals surface area contributed by atoms with Crippen LogP contribution in [-0.4, -0.2) is 16.3 Å². The van der Waals surface area contributed by atoms with E-state index in [2.05, 4.69) is 11.4 Å². The topological polar surface area (TPSA) is 66.8 Å². The second-order valence-electron chi connectivity index (χ2n) is 5.87. The molecule has 0 heterocycles. The largest absolute Gasteiger partial charge is 0.368 e. The van der Waals surface area contributed by atoms with Gasteiger partial charge in [-0.1, -0.05) is 84.0 Å². The van der Waals surface area contributed by atoms with Gasteiger partial charge >= 0.3 is 8.25 Å². The van der Waals surface area contributed by atoms with Crippen LogP contribution in [0.25, 0.3) is 0 Å². The molecule has 2 unspecified atom stereocenters. The number of hydrogen-bond acceptors (Lipinski definition) is 3. The molecule has 0 aromatic carbocycles. The SMILES string of the molecule is CCCCCCCCCCCCCCCC(O)O[PH](=O)O. The minimum atomic E-state index is -3.00. The lowest BCUT2D eigenvalue weighted by Crippen LogP contribution is -2.06. The molecule has 0 rings (SSSR count). The highest BCUT2D eigenvalue weighted by Gasteiger charge is 2.05. The predicted molar refractivity (Wildman–Crippen MR) is 88.6 cm³/mol. The molecule has 2 N–H and O–H groups in total. The molecule has 0 aromatic heterocycles. The van der Waals surface area contributed by atoms with Crippen LogP contribution >= 0.6 is 8.25 Å². The van der Waals surface area contributed by atoms with Crippen molar-refractivity contribution in [1.29, 1.82) is 0 Å². The Morgan fingerprint density at radius 2 is 1.19 bits per heavy atom. The quantitative estimate of drug-likeness (QED) is 0.233. The van der Waals surface area contributed by atoms with Crippen molar-refractivity contribution in [3.63, 3.8) is 0 Å². The number of aliphatic hydroxyl groups excluding tert-OH is 1. The maximum Gasteiger partial charge on any atom is 0.318 e. The van der Waals surface area contributed by atoms with Gasteiger partial charge < -0.3 is 10.00 Å². The van der Waals surface area contributed by atoms with Gasteiger partial charge in [0.05, 0.1) is 0 Å². The van der Waals surface area contributed by atoms with E-state index in [1.54, 1.807) is 0 Å². The second-order valence-corrected chi connectivity index (χ2v) is 6.64. The van der Waals surface area contributed by atoms with E-state index >= 15 is 0 Å². The summed E-state index contributed by atoms with van der Waals surface area (Å²) >= 11 is 0. The summed E-state index contributed by atoms with van der Waals surface area (Å²) in [6.45, 7) is 2.25. The highest BCUT2D eigenvalue weighted by Crippen LogP contribution is 2.20. The molecule has 0 aliphatic heterocycles. The van der Waals surface area contributed by atoms with E-state index < -0.39 is 14.5 Å². The van der Waals surface area contributed by atoms with Gasteiger partial charge in [-0.15, -0.1) is 0 Å². The van der Waals surface area contributed by atoms with Crippen molar-refractivity contribution in [2.45, 2.75) is 103 Å². The Balaban J connectivity index is 3.07. The Bertz CT molecular complexity index is 236. The van der Waals surface area contributed by atoms with Crippen LogP contribution in [0.2, 0.25) is 0 Å². The first-order chi connectivity index (χ1) is 10.2. The molecule has 5 heteroatoms. The Kier molecular flexibility index (Phi) is 16.6. The van der Waals surface area contributed by atoms with Crippen molar-refractivity contribution in [1.82, 2.24) is 0 Å². The smallest absolute Gasteiger partial charge is 0.318 e. The van der Waals surface area contributed by atoms with Crippen molar-refractivity contribution in [2.24, 2.45) is 0 Å². The third kappa shape index (κ3) is 18.1. The molecule has 0 fully saturated rings. The predicted octanol–water partition coefficient (Wildman–Crippen LogP) is 5.18. The summed E-state index contributed by atoms with van der Waals surface area (Å²) in [6.07, 6.45) is 16.0. The molecule has 21 heavy (non-hydrogen) atoms. The van der Waals surface area contributed by atoms with Gasteiger partial charge in [0.25, 0.3) is 0 Å². The maximum atomic E-state index is 10.3. The fraction of sp³-hybridized carbons (Fsp3) is 1.00. The highest BCUT2D eigenvalue weighted by molar-refractivity contribution is 7.32. The van der Waals surface area contributed by atoms with Gasteiger partial charge in [-0.3, -0.25) is 9.09 Å². The summed E-state index contributed by atoms with van der Waals surface area (Å²) in [5, 5.41) is 9.24. The van der Waals surface area contributed by atoms with Crippen LogP contribution < -0.4 is 0 Å². The van der Waals surface area contributed by atoms with Crippen molar-refractivity contribution in [3.05, 3.63) is 0 Å². The van der Waals surface area contributed by atoms with E-state index in [1.807, 2.05) is 0 Å². The average Bonchev–Trinajstić information content (AvgIpc) is 2.43. The second kappa shape index (κ2) is 16.5. The molecular weight excluding hydrogens is 287 g/mol. The molecule has 128 valence electrons. The number of hydrogen-bond donors (Lipinski definition) is 2. The van der Waals surface area contributed by atoms with Crippen LogP contribution in [0.5, 0.6) is 0 Å². The molecule has 0 radical (unpaired) electrons. The Morgan fingerprint density at radius 3 is 1.57 bits per heavy atom. The first kappa shape index (κ1) is 21.1. The van der Waals surface area contributed by atoms with E-state index in [9.17, 15) is 9.67 Å². The average molecular weight is 322 g/mol. The molecule has 2 atom stereocenters. The van der Waals surface area contributed by atoms with Gasteiger partial charge in [-0.2, -0.15) is 0 Å². The summed E-state index contributed by atoms with van der Waals surface area (Å²) in [5.74, 6) is 0. The molecule has 0 aliphatic rings. The summed E-state index contributed by atoms with van der Waals surface area (Å²) in [5.41, 5.74) is 0. The van der Waals surface area contributed by atoms with Crippen LogP contribution in [0.4, 0.5) is 0 Å². The van der Waals surface area contributed by atoms with E-state index in [0.717, 1.165) is 12.8 Å². The molecule has 0 aliphatic carbocycles. The van der Waals surface area contributed by atoms with Crippen LogP contribution in [0.1, 0.15) is 96.8 Å². The fourth-order valence-corrected chi connectivity index (χ4v) is 2.86. The van der Waals surface area contributed by atoms with Crippen molar-refractivity contribution < 1.29 is 19.1 Å². The lowest BCUT2D eigenvalue weighted by molar-refractivity contribution is -0.0257. The lowest BCUT2D eigenvalue weighted by atomic mass is 10.0. The number of rotatable bonds is 16. The Morgan fingerprint density at radius 1 is 0.810 bits per heavy atom. The molecule has 0 spiro atoms. The van der Waals surface area contributed by atoms with E-state index in [4.69, 9.17) is 4.89 Å². The Labute approximate surface area is 131 Å². The van der Waals surface area contributed by atoms with E-state index in [1.165, 1.54) is 70.6 Å². The number of unbranched alkanes of at least 4 members (excludes halogenated alkanes) is 12. The van der Waals surface area contributed by atoms with Gasteiger partial charge in [-0.25, -0.2) is 0 Å². The zero-order valence-corrected chi connectivity index (χ0v) is 14.7. The molecule has 4 nitrogen and oxygen atoms in total. The number of aliphatic hydroxyl groups is 1. The normalized spacial score (nSPS) is 14.2. The first-order valence-corrected chi connectivity index (χ1v) is 10.0. The molecule has 0 saturated heterocycles. The third-order valence-corrected chi connectivity index (χ3v) is 4.27. The zero-order valence-electron chi connectivity index (χ0n) is 13.7. The lowest BCUT2D eigenvalue weighted by Gasteiger charge is -2.08. The molecule has 0 saturated carbocycles. The highest BCUT2D eigenvalue weighted by atomic mass is 31.1. The van der Waals surface area contributed by atoms with Gasteiger partial charge in [0.15, 0.2) is 6.29 Å². The van der Waals surface area contributed by atoms with Gasteiger partial charge in [-0.05, 0) is 12.8 Å². The summed E-state index contributed by atoms with van der Waals surface area (Å²) in [6, 6.07) is 0. The Hall–Kier alpha value is 0.110. The van der Waals surface area contributed by atoms with Crippen LogP contribution in [-0.2, 0) is 9.09 Å². The van der Waals surface area contributed by atoms with Gasteiger partial charge in [0, 0.05) is 0 Å². The zero-order chi connectivity index (χ0) is 15.8. The summed E-state index contributed by atoms with van der Waals surface area (Å²) in [7, 11) is -3.00. The van der Waals surface area contributed by atoms with Gasteiger partial charge in [0.2, 0.25) is 0 Å². The molecule has 0 aromatic rings. The van der Waals surface area contributed by atoms with Crippen LogP contribution in [0, 0.1) is 0 Å².